The predicted molar refractivity (Wildman–Crippen MR) is 69.0 cm³/mol. The van der Waals surface area contributed by atoms with E-state index < -0.39 is 5.91 Å². The molecule has 1 aromatic rings. The number of para-hydroxylation sites is 1. The minimum Gasteiger partial charge on any atom is -0.396 e. The number of benzene rings is 1. The molecule has 0 aliphatic carbocycles. The van der Waals surface area contributed by atoms with Crippen LogP contribution < -0.4 is 16.8 Å². The van der Waals surface area contributed by atoms with Crippen molar-refractivity contribution < 1.29 is 9.53 Å². The van der Waals surface area contributed by atoms with E-state index in [0.717, 1.165) is 0 Å². The molecule has 0 fully saturated rings. The van der Waals surface area contributed by atoms with Crippen molar-refractivity contribution in [3.05, 3.63) is 23.8 Å². The lowest BCUT2D eigenvalue weighted by Gasteiger charge is -2.24. The molecule has 1 aromatic carbocycles. The lowest BCUT2D eigenvalue weighted by molar-refractivity contribution is 0.0344. The van der Waals surface area contributed by atoms with Gasteiger partial charge in [-0.05, 0) is 26.0 Å². The van der Waals surface area contributed by atoms with Crippen molar-refractivity contribution in [2.45, 2.75) is 19.4 Å². The van der Waals surface area contributed by atoms with Crippen LogP contribution in [0.1, 0.15) is 24.2 Å². The molecule has 0 spiro atoms. The summed E-state index contributed by atoms with van der Waals surface area (Å²) >= 11 is 0. The number of amides is 1. The summed E-state index contributed by atoms with van der Waals surface area (Å²) in [6, 6.07) is 5.14. The Hall–Kier alpha value is -1.75. The standard InChI is InChI=1S/C12H19N3O2/c1-12(2,17-3)7-15-9-6-4-5-8(10(9)13)11(14)16/h4-6,15H,7,13H2,1-3H3,(H2,14,16). The van der Waals surface area contributed by atoms with Crippen LogP contribution in [0.2, 0.25) is 0 Å². The quantitative estimate of drug-likeness (QED) is 0.671. The van der Waals surface area contributed by atoms with E-state index in [9.17, 15) is 4.79 Å². The van der Waals surface area contributed by atoms with Crippen molar-refractivity contribution in [3.63, 3.8) is 0 Å². The van der Waals surface area contributed by atoms with Gasteiger partial charge in [0.15, 0.2) is 0 Å². The van der Waals surface area contributed by atoms with Crippen LogP contribution in [0.4, 0.5) is 11.4 Å². The lowest BCUT2D eigenvalue weighted by atomic mass is 10.1. The lowest BCUT2D eigenvalue weighted by Crippen LogP contribution is -2.32. The first-order chi connectivity index (χ1) is 7.87. The van der Waals surface area contributed by atoms with Crippen LogP contribution in [0, 0.1) is 0 Å². The molecule has 0 aromatic heterocycles. The molecule has 0 saturated carbocycles. The number of carbonyl (C=O) groups is 1. The fourth-order valence-corrected chi connectivity index (χ4v) is 1.31. The van der Waals surface area contributed by atoms with Gasteiger partial charge in [-0.1, -0.05) is 6.07 Å². The fraction of sp³-hybridized carbons (Fsp3) is 0.417. The van der Waals surface area contributed by atoms with Crippen LogP contribution in [0.5, 0.6) is 0 Å². The van der Waals surface area contributed by atoms with Gasteiger partial charge in [0, 0.05) is 13.7 Å². The summed E-state index contributed by atoms with van der Waals surface area (Å²) in [7, 11) is 1.64. The highest BCUT2D eigenvalue weighted by atomic mass is 16.5. The molecule has 0 bridgehead atoms. The number of ether oxygens (including phenoxy) is 1. The van der Waals surface area contributed by atoms with Crippen molar-refractivity contribution in [1.82, 2.24) is 0 Å². The molecule has 17 heavy (non-hydrogen) atoms. The summed E-state index contributed by atoms with van der Waals surface area (Å²) in [5.74, 6) is -0.530. The topological polar surface area (TPSA) is 90.4 Å². The Morgan fingerprint density at radius 3 is 2.65 bits per heavy atom. The highest BCUT2D eigenvalue weighted by molar-refractivity contribution is 6.00. The minimum atomic E-state index is -0.530. The van der Waals surface area contributed by atoms with Gasteiger partial charge in [-0.3, -0.25) is 4.79 Å². The number of rotatable bonds is 5. The number of methoxy groups -OCH3 is 1. The first-order valence-electron chi connectivity index (χ1n) is 5.34. The van der Waals surface area contributed by atoms with Crippen LogP contribution in [-0.4, -0.2) is 25.2 Å². The molecule has 5 heteroatoms. The molecule has 0 aliphatic heterocycles. The van der Waals surface area contributed by atoms with E-state index in [1.165, 1.54) is 0 Å². The monoisotopic (exact) mass is 237 g/mol. The van der Waals surface area contributed by atoms with Gasteiger partial charge in [-0.2, -0.15) is 0 Å². The van der Waals surface area contributed by atoms with Crippen molar-refractivity contribution in [2.24, 2.45) is 5.73 Å². The van der Waals surface area contributed by atoms with Gasteiger partial charge < -0.3 is 21.5 Å². The summed E-state index contributed by atoms with van der Waals surface area (Å²) in [4.78, 5) is 11.1. The molecule has 0 aliphatic rings. The normalized spacial score (nSPS) is 11.2. The highest BCUT2D eigenvalue weighted by Crippen LogP contribution is 2.23. The Morgan fingerprint density at radius 1 is 1.47 bits per heavy atom. The molecule has 5 N–H and O–H groups in total. The highest BCUT2D eigenvalue weighted by Gasteiger charge is 2.17. The third kappa shape index (κ3) is 3.35. The van der Waals surface area contributed by atoms with Gasteiger partial charge in [0.1, 0.15) is 0 Å². The number of anilines is 2. The van der Waals surface area contributed by atoms with Crippen molar-refractivity contribution in [2.75, 3.05) is 24.7 Å². The second kappa shape index (κ2) is 5.05. The third-order valence-electron chi connectivity index (χ3n) is 2.63. The molecule has 5 nitrogen and oxygen atoms in total. The van der Waals surface area contributed by atoms with Crippen LogP contribution in [0.15, 0.2) is 18.2 Å². The molecule has 1 rings (SSSR count). The molecule has 1 amide bonds. The second-order valence-electron chi connectivity index (χ2n) is 4.45. The van der Waals surface area contributed by atoms with Crippen LogP contribution in [0.3, 0.4) is 0 Å². The van der Waals surface area contributed by atoms with Gasteiger partial charge in [-0.15, -0.1) is 0 Å². The second-order valence-corrected chi connectivity index (χ2v) is 4.45. The Bertz CT molecular complexity index is 416. The zero-order valence-electron chi connectivity index (χ0n) is 10.4. The summed E-state index contributed by atoms with van der Waals surface area (Å²) in [6.07, 6.45) is 0. The van der Waals surface area contributed by atoms with E-state index in [0.29, 0.717) is 23.5 Å². The van der Waals surface area contributed by atoms with E-state index >= 15 is 0 Å². The van der Waals surface area contributed by atoms with Crippen molar-refractivity contribution in [3.8, 4) is 0 Å². The number of primary amides is 1. The van der Waals surface area contributed by atoms with Crippen LogP contribution in [0.25, 0.3) is 0 Å². The Kier molecular flexibility index (Phi) is 3.96. The zero-order valence-corrected chi connectivity index (χ0v) is 10.4. The molecule has 0 unspecified atom stereocenters. The van der Waals surface area contributed by atoms with Gasteiger partial charge in [0.25, 0.3) is 5.91 Å². The summed E-state index contributed by atoms with van der Waals surface area (Å²) in [5, 5.41) is 3.14. The number of nitrogens with two attached hydrogens (primary N) is 2. The maximum Gasteiger partial charge on any atom is 0.250 e. The molecule has 94 valence electrons. The first-order valence-corrected chi connectivity index (χ1v) is 5.34. The molecule has 0 heterocycles. The van der Waals surface area contributed by atoms with E-state index in [1.54, 1.807) is 25.3 Å². The summed E-state index contributed by atoms with van der Waals surface area (Å²) in [6.45, 7) is 4.48. The van der Waals surface area contributed by atoms with Crippen LogP contribution >= 0.6 is 0 Å². The fourth-order valence-electron chi connectivity index (χ4n) is 1.31. The van der Waals surface area contributed by atoms with E-state index in [1.807, 2.05) is 13.8 Å². The van der Waals surface area contributed by atoms with Gasteiger partial charge in [0.2, 0.25) is 0 Å². The van der Waals surface area contributed by atoms with Crippen molar-refractivity contribution in [1.29, 1.82) is 0 Å². The van der Waals surface area contributed by atoms with Gasteiger partial charge in [-0.25, -0.2) is 0 Å². The predicted octanol–water partition coefficient (Wildman–Crippen LogP) is 1.20. The summed E-state index contributed by atoms with van der Waals surface area (Å²) < 4.78 is 5.28. The first kappa shape index (κ1) is 13.3. The molecule has 0 saturated heterocycles. The number of nitrogen functional groups attached to an aromatic ring is 1. The Morgan fingerprint density at radius 2 is 2.12 bits per heavy atom. The van der Waals surface area contributed by atoms with E-state index in [-0.39, 0.29) is 5.60 Å². The zero-order chi connectivity index (χ0) is 13.1. The average Bonchev–Trinajstić information content (AvgIpc) is 2.27. The smallest absolute Gasteiger partial charge is 0.250 e. The van der Waals surface area contributed by atoms with E-state index in [2.05, 4.69) is 5.32 Å². The maximum atomic E-state index is 11.1. The Labute approximate surface area is 101 Å². The number of hydrogen-bond acceptors (Lipinski definition) is 4. The number of carbonyl (C=O) groups excluding carboxylic acids is 1. The largest absolute Gasteiger partial charge is 0.396 e. The van der Waals surface area contributed by atoms with Crippen molar-refractivity contribution >= 4 is 17.3 Å². The molecular weight excluding hydrogens is 218 g/mol. The maximum absolute atomic E-state index is 11.1. The minimum absolute atomic E-state index is 0.310. The average molecular weight is 237 g/mol. The Balaban J connectivity index is 2.86. The number of nitrogens with one attached hydrogen (secondary N) is 1. The van der Waals surface area contributed by atoms with Crippen LogP contribution in [-0.2, 0) is 4.74 Å². The number of hydrogen-bond donors (Lipinski definition) is 3. The SMILES string of the molecule is COC(C)(C)CNc1cccc(C(N)=O)c1N. The van der Waals surface area contributed by atoms with E-state index in [4.69, 9.17) is 16.2 Å². The molecular formula is C12H19N3O2. The molecule has 0 radical (unpaired) electrons. The third-order valence-corrected chi connectivity index (χ3v) is 2.63. The summed E-state index contributed by atoms with van der Waals surface area (Å²) in [5.41, 5.74) is 12.1. The molecule has 0 atom stereocenters. The van der Waals surface area contributed by atoms with Gasteiger partial charge >= 0.3 is 0 Å². The van der Waals surface area contributed by atoms with Gasteiger partial charge in [0.05, 0.1) is 22.5 Å².